The van der Waals surface area contributed by atoms with Crippen LogP contribution in [0.15, 0.2) is 100 Å². The zero-order valence-electron chi connectivity index (χ0n) is 15.0. The molecule has 0 aromatic heterocycles. The van der Waals surface area contributed by atoms with Crippen molar-refractivity contribution < 1.29 is 4.74 Å². The van der Waals surface area contributed by atoms with Gasteiger partial charge in [0.05, 0.1) is 5.69 Å². The molecule has 0 amide bonds. The fourth-order valence-electron chi connectivity index (χ4n) is 3.13. The molecule has 3 aromatic rings. The van der Waals surface area contributed by atoms with Gasteiger partial charge in [0.2, 0.25) is 5.90 Å². The Hall–Kier alpha value is -2.78. The summed E-state index contributed by atoms with van der Waals surface area (Å²) in [5.41, 5.74) is 3.81. The lowest BCUT2D eigenvalue weighted by atomic mass is 10.1. The van der Waals surface area contributed by atoms with Gasteiger partial charge in [-0.2, -0.15) is 0 Å². The number of benzene rings is 3. The van der Waals surface area contributed by atoms with Crippen LogP contribution in [-0.4, -0.2) is 5.90 Å². The number of nitrogens with zero attached hydrogens (tertiary/aromatic N) is 1. The Morgan fingerprint density at radius 2 is 1.59 bits per heavy atom. The van der Waals surface area contributed by atoms with Crippen molar-refractivity contribution in [1.82, 2.24) is 0 Å². The normalized spacial score (nSPS) is 13.7. The quantitative estimate of drug-likeness (QED) is 0.287. The van der Waals surface area contributed by atoms with E-state index in [2.05, 4.69) is 30.3 Å². The Morgan fingerprint density at radius 3 is 2.41 bits per heavy atom. The molecule has 27 heavy (non-hydrogen) atoms. The number of aryl methyl sites for hydroxylation is 2. The smallest absolute Gasteiger partial charge is 0.220 e. The number of rotatable bonds is 5. The molecule has 0 atom stereocenters. The van der Waals surface area contributed by atoms with Gasteiger partial charge in [0, 0.05) is 11.0 Å². The molecule has 3 aromatic carbocycles. The minimum Gasteiger partial charge on any atom is -0.439 e. The van der Waals surface area contributed by atoms with Crippen molar-refractivity contribution in [3.63, 3.8) is 0 Å². The minimum absolute atomic E-state index is 0.586. The van der Waals surface area contributed by atoms with Crippen LogP contribution >= 0.6 is 11.8 Å². The van der Waals surface area contributed by atoms with Crippen molar-refractivity contribution in [3.8, 4) is 5.75 Å². The summed E-state index contributed by atoms with van der Waals surface area (Å²) in [5.74, 6) is 1.37. The summed E-state index contributed by atoms with van der Waals surface area (Å²) in [5, 5.41) is 2.02. The zero-order valence-corrected chi connectivity index (χ0v) is 15.9. The highest BCUT2D eigenvalue weighted by molar-refractivity contribution is 8.02. The summed E-state index contributed by atoms with van der Waals surface area (Å²) >= 11 is 1.65. The summed E-state index contributed by atoms with van der Waals surface area (Å²) in [4.78, 5) is 5.94. The van der Waals surface area contributed by atoms with Crippen molar-refractivity contribution in [2.24, 2.45) is 4.99 Å². The summed E-state index contributed by atoms with van der Waals surface area (Å²) < 4.78 is 6.03. The largest absolute Gasteiger partial charge is 0.439 e. The third kappa shape index (κ3) is 4.89. The first-order valence-corrected chi connectivity index (χ1v) is 10.1. The highest BCUT2D eigenvalue weighted by atomic mass is 32.2. The predicted molar refractivity (Wildman–Crippen MR) is 114 cm³/mol. The van der Waals surface area contributed by atoms with E-state index in [1.54, 1.807) is 11.8 Å². The molecule has 0 saturated carbocycles. The van der Waals surface area contributed by atoms with Gasteiger partial charge in [-0.05, 0) is 72.2 Å². The van der Waals surface area contributed by atoms with E-state index in [-0.39, 0.29) is 0 Å². The Labute approximate surface area is 164 Å². The first-order chi connectivity index (χ1) is 13.4. The molecule has 2 nitrogen and oxygen atoms in total. The average Bonchev–Trinajstić information content (AvgIpc) is 3.17. The van der Waals surface area contributed by atoms with Crippen LogP contribution in [0.1, 0.15) is 17.5 Å². The Morgan fingerprint density at radius 1 is 0.852 bits per heavy atom. The average molecular weight is 372 g/mol. The van der Waals surface area contributed by atoms with Gasteiger partial charge in [-0.15, -0.1) is 0 Å². The van der Waals surface area contributed by atoms with Gasteiger partial charge >= 0.3 is 0 Å². The lowest BCUT2D eigenvalue weighted by molar-refractivity contribution is 0.556. The van der Waals surface area contributed by atoms with Crippen molar-refractivity contribution in [2.75, 3.05) is 0 Å². The summed E-state index contributed by atoms with van der Waals surface area (Å²) in [6.45, 7) is 0. The van der Waals surface area contributed by atoms with Crippen LogP contribution in [0.5, 0.6) is 5.75 Å². The van der Waals surface area contributed by atoms with Gasteiger partial charge < -0.3 is 4.74 Å². The van der Waals surface area contributed by atoms with Gasteiger partial charge in [0.1, 0.15) is 5.75 Å². The molecule has 0 heterocycles. The summed E-state index contributed by atoms with van der Waals surface area (Å²) in [6.07, 6.45) is 5.50. The second-order valence-electron chi connectivity index (χ2n) is 6.41. The molecule has 0 saturated heterocycles. The molecule has 3 heteroatoms. The van der Waals surface area contributed by atoms with Gasteiger partial charge in [-0.25, -0.2) is 4.99 Å². The number of hydrogen-bond donors (Lipinski definition) is 0. The molecule has 0 unspecified atom stereocenters. The number of thioether (sulfide) groups is 1. The molecule has 0 N–H and O–H groups in total. The topological polar surface area (TPSA) is 21.6 Å². The fourth-order valence-corrected chi connectivity index (χ4v) is 3.78. The van der Waals surface area contributed by atoms with Crippen molar-refractivity contribution in [1.29, 1.82) is 0 Å². The number of ether oxygens (including phenoxy) is 1. The maximum Gasteiger partial charge on any atom is 0.220 e. The van der Waals surface area contributed by atoms with Crippen LogP contribution in [0.4, 0.5) is 5.69 Å². The predicted octanol–water partition coefficient (Wildman–Crippen LogP) is 6.59. The molecule has 0 fully saturated rings. The first-order valence-electron chi connectivity index (χ1n) is 9.18. The van der Waals surface area contributed by atoms with Gasteiger partial charge in [0.15, 0.2) is 0 Å². The molecule has 4 rings (SSSR count). The Kier molecular flexibility index (Phi) is 5.70. The highest BCUT2D eigenvalue weighted by Crippen LogP contribution is 2.27. The molecule has 134 valence electrons. The van der Waals surface area contributed by atoms with Crippen LogP contribution in [0, 0.1) is 0 Å². The van der Waals surface area contributed by atoms with Crippen molar-refractivity contribution >= 4 is 23.3 Å². The van der Waals surface area contributed by atoms with Crippen molar-refractivity contribution in [3.05, 3.63) is 101 Å². The SMILES string of the molecule is C(=CC(=Nc1ccc2c(c1)CCC2)Oc1ccccc1)Sc1ccccc1. The minimum atomic E-state index is 0.586. The second kappa shape index (κ2) is 8.74. The van der Waals surface area contributed by atoms with Crippen LogP contribution in [0.2, 0.25) is 0 Å². The van der Waals surface area contributed by atoms with E-state index < -0.39 is 0 Å². The van der Waals surface area contributed by atoms with Gasteiger partial charge in [0.25, 0.3) is 0 Å². The van der Waals surface area contributed by atoms with Crippen LogP contribution in [0.25, 0.3) is 0 Å². The maximum absolute atomic E-state index is 6.03. The van der Waals surface area contributed by atoms with E-state index in [0.717, 1.165) is 17.9 Å². The number of hydrogen-bond acceptors (Lipinski definition) is 3. The Balaban J connectivity index is 1.57. The third-order valence-corrected chi connectivity index (χ3v) is 5.26. The van der Waals surface area contributed by atoms with Crippen LogP contribution in [-0.2, 0) is 12.8 Å². The molecule has 1 aliphatic rings. The lowest BCUT2D eigenvalue weighted by Gasteiger charge is -2.07. The van der Waals surface area contributed by atoms with Gasteiger partial charge in [-0.1, -0.05) is 54.2 Å². The third-order valence-electron chi connectivity index (χ3n) is 4.44. The summed E-state index contributed by atoms with van der Waals surface area (Å²) in [6, 6.07) is 26.5. The number of fused-ring (bicyclic) bond motifs is 1. The molecule has 1 aliphatic carbocycles. The van der Waals surface area contributed by atoms with Crippen LogP contribution < -0.4 is 4.74 Å². The van der Waals surface area contributed by atoms with Crippen molar-refractivity contribution in [2.45, 2.75) is 24.2 Å². The van der Waals surface area contributed by atoms with E-state index in [0.29, 0.717) is 5.90 Å². The number of para-hydroxylation sites is 1. The molecule has 0 bridgehead atoms. The summed E-state index contributed by atoms with van der Waals surface area (Å²) in [7, 11) is 0. The maximum atomic E-state index is 6.03. The molecular formula is C24H21NOS. The van der Waals surface area contributed by atoms with E-state index >= 15 is 0 Å². The lowest BCUT2D eigenvalue weighted by Crippen LogP contribution is -2.04. The van der Waals surface area contributed by atoms with E-state index in [9.17, 15) is 0 Å². The zero-order chi connectivity index (χ0) is 18.3. The fraction of sp³-hybridized carbons (Fsp3) is 0.125. The van der Waals surface area contributed by atoms with Gasteiger partial charge in [-0.3, -0.25) is 0 Å². The van der Waals surface area contributed by atoms with Crippen LogP contribution in [0.3, 0.4) is 0 Å². The standard InChI is InChI=1S/C24H21NOS/c1-3-10-22(11-4-1)26-24(16-17-27-23-12-5-2-6-13-23)25-21-15-14-19-8-7-9-20(19)18-21/h1-6,10-18H,7-9H2. The highest BCUT2D eigenvalue weighted by Gasteiger charge is 2.11. The monoisotopic (exact) mass is 371 g/mol. The number of aliphatic imine (C=N–C) groups is 1. The van der Waals surface area contributed by atoms with E-state index in [1.807, 2.05) is 60.0 Å². The second-order valence-corrected chi connectivity index (χ2v) is 7.38. The molecule has 0 aliphatic heterocycles. The first kappa shape index (κ1) is 17.6. The molecule has 0 radical (unpaired) electrons. The molecule has 0 spiro atoms. The molecular weight excluding hydrogens is 350 g/mol. The Bertz CT molecular complexity index is 949. The van der Waals surface area contributed by atoms with E-state index in [4.69, 9.17) is 9.73 Å². The van der Waals surface area contributed by atoms with E-state index in [1.165, 1.54) is 28.9 Å².